The van der Waals surface area contributed by atoms with Crippen LogP contribution in [0.15, 0.2) is 0 Å². The summed E-state index contributed by atoms with van der Waals surface area (Å²) in [7, 11) is -4.26. The smallest absolute Gasteiger partial charge is 0.283 e. The SMILES string of the molecule is O=S(=O)(O)C(Cl)(I)NBr. The average molecular weight is 350 g/mol. The first-order valence-corrected chi connectivity index (χ1v) is 5.23. The van der Waals surface area contributed by atoms with Crippen LogP contribution in [0.5, 0.6) is 0 Å². The third-order valence-electron chi connectivity index (χ3n) is 0.434. The van der Waals surface area contributed by atoms with Crippen molar-refractivity contribution in [3.05, 3.63) is 0 Å². The van der Waals surface area contributed by atoms with Crippen LogP contribution in [0.3, 0.4) is 0 Å². The second-order valence-electron chi connectivity index (χ2n) is 1.09. The summed E-state index contributed by atoms with van der Waals surface area (Å²) in [6.45, 7) is 0. The zero-order valence-electron chi connectivity index (χ0n) is 3.81. The maximum Gasteiger partial charge on any atom is 0.309 e. The molecule has 0 saturated carbocycles. The molecule has 0 aliphatic carbocycles. The van der Waals surface area contributed by atoms with Crippen molar-refractivity contribution in [2.45, 2.75) is 2.34 Å². The molecule has 9 heavy (non-hydrogen) atoms. The second kappa shape index (κ2) is 3.18. The van der Waals surface area contributed by atoms with Gasteiger partial charge in [0.25, 0.3) is 2.34 Å². The predicted octanol–water partition coefficient (Wildman–Crippen LogP) is 1.06. The molecule has 56 valence electrons. The Hall–Kier alpha value is 1.37. The summed E-state index contributed by atoms with van der Waals surface area (Å²) in [6.07, 6.45) is 0. The fourth-order valence-electron chi connectivity index (χ4n) is 0.0487. The molecule has 0 spiro atoms. The van der Waals surface area contributed by atoms with Gasteiger partial charge in [-0.2, -0.15) is 8.42 Å². The number of rotatable bonds is 2. The number of halogens is 3. The summed E-state index contributed by atoms with van der Waals surface area (Å²) in [5, 5.41) is 0. The lowest BCUT2D eigenvalue weighted by molar-refractivity contribution is 0.476. The van der Waals surface area contributed by atoms with Crippen molar-refractivity contribution >= 4 is 60.5 Å². The minimum atomic E-state index is -4.26. The zero-order chi connectivity index (χ0) is 7.71. The molecular formula is CH2BrClINO3S. The van der Waals surface area contributed by atoms with Gasteiger partial charge >= 0.3 is 10.1 Å². The molecule has 0 amide bonds. The molecular weight excluding hydrogens is 348 g/mol. The van der Waals surface area contributed by atoms with Gasteiger partial charge in [-0.15, -0.1) is 0 Å². The summed E-state index contributed by atoms with van der Waals surface area (Å²) in [5.41, 5.74) is 0. The van der Waals surface area contributed by atoms with Gasteiger partial charge in [-0.3, -0.25) is 4.55 Å². The van der Waals surface area contributed by atoms with Gasteiger partial charge < -0.3 is 0 Å². The van der Waals surface area contributed by atoms with Crippen molar-refractivity contribution in [3.8, 4) is 0 Å². The van der Waals surface area contributed by atoms with Crippen molar-refractivity contribution in [1.29, 1.82) is 0 Å². The van der Waals surface area contributed by atoms with Gasteiger partial charge in [0.05, 0.1) is 0 Å². The maximum absolute atomic E-state index is 10.2. The van der Waals surface area contributed by atoms with E-state index in [4.69, 9.17) is 16.2 Å². The van der Waals surface area contributed by atoms with Crippen molar-refractivity contribution in [2.75, 3.05) is 0 Å². The molecule has 0 saturated heterocycles. The Morgan fingerprint density at radius 2 is 2.11 bits per heavy atom. The third-order valence-corrected chi connectivity index (χ3v) is 5.63. The molecule has 2 N–H and O–H groups in total. The highest BCUT2D eigenvalue weighted by Crippen LogP contribution is 2.27. The summed E-state index contributed by atoms with van der Waals surface area (Å²) >= 11 is 9.08. The van der Waals surface area contributed by atoms with E-state index in [2.05, 4.69) is 16.1 Å². The van der Waals surface area contributed by atoms with E-state index >= 15 is 0 Å². The lowest BCUT2D eigenvalue weighted by Crippen LogP contribution is -2.34. The van der Waals surface area contributed by atoms with Crippen LogP contribution in [0.2, 0.25) is 0 Å². The molecule has 0 heterocycles. The highest BCUT2D eigenvalue weighted by molar-refractivity contribution is 14.1. The van der Waals surface area contributed by atoms with Crippen LogP contribution in [-0.2, 0) is 10.1 Å². The largest absolute Gasteiger partial charge is 0.309 e. The number of hydrogen-bond donors (Lipinski definition) is 2. The Labute approximate surface area is 79.6 Å². The highest BCUT2D eigenvalue weighted by Gasteiger charge is 2.36. The lowest BCUT2D eigenvalue weighted by Gasteiger charge is -2.12. The van der Waals surface area contributed by atoms with Crippen molar-refractivity contribution in [1.82, 2.24) is 4.34 Å². The van der Waals surface area contributed by atoms with Crippen molar-refractivity contribution in [2.24, 2.45) is 0 Å². The molecule has 1 atom stereocenters. The molecule has 0 aliphatic rings. The molecule has 1 unspecified atom stereocenters. The van der Waals surface area contributed by atoms with Gasteiger partial charge in [-0.05, 0) is 22.6 Å². The molecule has 0 bridgehead atoms. The van der Waals surface area contributed by atoms with Gasteiger partial charge in [-0.25, -0.2) is 4.34 Å². The molecule has 0 aromatic heterocycles. The van der Waals surface area contributed by atoms with Gasteiger partial charge in [0, 0.05) is 16.1 Å². The molecule has 0 aromatic rings. The van der Waals surface area contributed by atoms with Crippen LogP contribution < -0.4 is 4.34 Å². The van der Waals surface area contributed by atoms with Crippen LogP contribution in [0.1, 0.15) is 0 Å². The first-order chi connectivity index (χ1) is 3.81. The summed E-state index contributed by atoms with van der Waals surface area (Å²) in [4.78, 5) is 0. The van der Waals surface area contributed by atoms with E-state index in [1.807, 2.05) is 4.34 Å². The monoisotopic (exact) mass is 349 g/mol. The van der Waals surface area contributed by atoms with E-state index in [1.54, 1.807) is 0 Å². The molecule has 0 aliphatic heterocycles. The Balaban J connectivity index is 4.56. The molecule has 0 radical (unpaired) electrons. The van der Waals surface area contributed by atoms with Crippen molar-refractivity contribution < 1.29 is 13.0 Å². The normalized spacial score (nSPS) is 19.1. The summed E-state index contributed by atoms with van der Waals surface area (Å²) in [5.74, 6) is 0. The van der Waals surface area contributed by atoms with Gasteiger partial charge in [-0.1, -0.05) is 11.6 Å². The fraction of sp³-hybridized carbons (Fsp3) is 1.00. The fourth-order valence-corrected chi connectivity index (χ4v) is 0.760. The highest BCUT2D eigenvalue weighted by atomic mass is 127. The Bertz CT molecular complexity index is 190. The standard InChI is InChI=1S/CH2BrClINO3S/c2-5-1(3,4)9(6,7)8/h5H,(H,6,7,8). The van der Waals surface area contributed by atoms with Crippen LogP contribution in [-0.4, -0.2) is 15.3 Å². The quantitative estimate of drug-likeness (QED) is 0.257. The minimum Gasteiger partial charge on any atom is -0.283 e. The van der Waals surface area contributed by atoms with Crippen molar-refractivity contribution in [3.63, 3.8) is 0 Å². The second-order valence-corrected chi connectivity index (χ2v) is 6.82. The Morgan fingerprint density at radius 1 is 1.78 bits per heavy atom. The summed E-state index contributed by atoms with van der Waals surface area (Å²) in [6, 6.07) is 0. The van der Waals surface area contributed by atoms with E-state index in [9.17, 15) is 8.42 Å². The molecule has 0 rings (SSSR count). The first kappa shape index (κ1) is 10.4. The Kier molecular flexibility index (Phi) is 3.66. The number of hydrogen-bond acceptors (Lipinski definition) is 3. The van der Waals surface area contributed by atoms with Gasteiger partial charge in [0.15, 0.2) is 0 Å². The van der Waals surface area contributed by atoms with E-state index in [-0.39, 0.29) is 0 Å². The third kappa shape index (κ3) is 2.85. The average Bonchev–Trinajstić information content (AvgIpc) is 1.64. The maximum atomic E-state index is 10.2. The molecule has 0 fully saturated rings. The number of nitrogens with one attached hydrogen (secondary N) is 1. The zero-order valence-corrected chi connectivity index (χ0v) is 9.12. The lowest BCUT2D eigenvalue weighted by atomic mass is 11.5. The number of alkyl halides is 2. The summed E-state index contributed by atoms with van der Waals surface area (Å²) < 4.78 is 28.8. The minimum absolute atomic E-state index is 1.32. The molecule has 0 aromatic carbocycles. The van der Waals surface area contributed by atoms with Crippen LogP contribution in [0.4, 0.5) is 0 Å². The molecule has 8 heteroatoms. The topological polar surface area (TPSA) is 66.4 Å². The van der Waals surface area contributed by atoms with Crippen LogP contribution in [0, 0.1) is 0 Å². The predicted molar refractivity (Wildman–Crippen MR) is 46.2 cm³/mol. The van der Waals surface area contributed by atoms with E-state index in [0.29, 0.717) is 0 Å². The van der Waals surface area contributed by atoms with Gasteiger partial charge in [0.1, 0.15) is 0 Å². The van der Waals surface area contributed by atoms with Crippen LogP contribution >= 0.6 is 50.3 Å². The van der Waals surface area contributed by atoms with E-state index < -0.39 is 12.5 Å². The van der Waals surface area contributed by atoms with Crippen LogP contribution in [0.25, 0.3) is 0 Å². The van der Waals surface area contributed by atoms with E-state index in [0.717, 1.165) is 0 Å². The first-order valence-electron chi connectivity index (χ1n) is 1.54. The van der Waals surface area contributed by atoms with Gasteiger partial charge in [0.2, 0.25) is 0 Å². The Morgan fingerprint density at radius 3 is 2.11 bits per heavy atom. The van der Waals surface area contributed by atoms with E-state index in [1.165, 1.54) is 22.6 Å². The molecule has 4 nitrogen and oxygen atoms in total.